The quantitative estimate of drug-likeness (QED) is 0.861. The molecule has 0 spiro atoms. The topological polar surface area (TPSA) is 46.9 Å². The van der Waals surface area contributed by atoms with Gasteiger partial charge in [0.2, 0.25) is 5.43 Å². The summed E-state index contributed by atoms with van der Waals surface area (Å²) in [7, 11) is 0. The van der Waals surface area contributed by atoms with Crippen molar-refractivity contribution in [1.29, 1.82) is 0 Å². The minimum atomic E-state index is -0.946. The Kier molecular flexibility index (Phi) is 4.80. The predicted molar refractivity (Wildman–Crippen MR) is 76.5 cm³/mol. The molecule has 0 saturated heterocycles. The Balaban J connectivity index is 2.40. The van der Waals surface area contributed by atoms with E-state index in [2.05, 4.69) is 10.4 Å². The summed E-state index contributed by atoms with van der Waals surface area (Å²) in [4.78, 5) is 11.9. The van der Waals surface area contributed by atoms with E-state index in [-0.39, 0.29) is 5.43 Å². The van der Waals surface area contributed by atoms with Gasteiger partial charge in [-0.3, -0.25) is 4.79 Å². The summed E-state index contributed by atoms with van der Waals surface area (Å²) in [6.07, 6.45) is 0.948. The fourth-order valence-corrected chi connectivity index (χ4v) is 1.97. The number of nitrogens with zero attached hydrogens (tertiary/aromatic N) is 2. The number of nitrogens with one attached hydrogen (secondary N) is 1. The Morgan fingerprint density at radius 3 is 2.67 bits per heavy atom. The van der Waals surface area contributed by atoms with Crippen LogP contribution in [0.25, 0.3) is 5.69 Å². The molecule has 6 heteroatoms. The highest BCUT2D eigenvalue weighted by atomic mass is 19.2. The first kappa shape index (κ1) is 15.3. The highest BCUT2D eigenvalue weighted by molar-refractivity contribution is 5.33. The lowest BCUT2D eigenvalue weighted by molar-refractivity contribution is 0.507. The molecule has 1 heterocycles. The van der Waals surface area contributed by atoms with Gasteiger partial charge in [0.25, 0.3) is 0 Å². The van der Waals surface area contributed by atoms with E-state index in [1.807, 2.05) is 6.92 Å². The fourth-order valence-electron chi connectivity index (χ4n) is 1.97. The molecule has 1 N–H and O–H groups in total. The Bertz CT molecular complexity index is 698. The Morgan fingerprint density at radius 1 is 1.24 bits per heavy atom. The Hall–Kier alpha value is -2.08. The third kappa shape index (κ3) is 3.52. The van der Waals surface area contributed by atoms with Crippen molar-refractivity contribution in [2.24, 2.45) is 0 Å². The normalized spacial score (nSPS) is 10.9. The Morgan fingerprint density at radius 2 is 2.00 bits per heavy atom. The van der Waals surface area contributed by atoms with Crippen LogP contribution in [0.15, 0.2) is 29.1 Å². The van der Waals surface area contributed by atoms with Crippen LogP contribution in [-0.2, 0) is 6.54 Å². The molecule has 2 aromatic rings. The van der Waals surface area contributed by atoms with Gasteiger partial charge in [-0.1, -0.05) is 6.92 Å². The molecule has 4 nitrogen and oxygen atoms in total. The fraction of sp³-hybridized carbons (Fsp3) is 0.333. The average molecular weight is 293 g/mol. The van der Waals surface area contributed by atoms with Gasteiger partial charge >= 0.3 is 0 Å². The highest BCUT2D eigenvalue weighted by Gasteiger charge is 2.09. The van der Waals surface area contributed by atoms with Crippen LogP contribution in [0.2, 0.25) is 0 Å². The lowest BCUT2D eigenvalue weighted by Gasteiger charge is -2.12. The molecule has 0 atom stereocenters. The van der Waals surface area contributed by atoms with Crippen LogP contribution in [0.1, 0.15) is 24.7 Å². The number of aryl methyl sites for hydroxylation is 1. The van der Waals surface area contributed by atoms with Gasteiger partial charge in [0.15, 0.2) is 11.6 Å². The van der Waals surface area contributed by atoms with E-state index in [0.29, 0.717) is 23.6 Å². The minimum Gasteiger partial charge on any atom is -0.311 e. The summed E-state index contributed by atoms with van der Waals surface area (Å²) >= 11 is 0. The molecular formula is C15H17F2N3O. The van der Waals surface area contributed by atoms with Crippen molar-refractivity contribution in [3.05, 3.63) is 57.5 Å². The van der Waals surface area contributed by atoms with Crippen molar-refractivity contribution in [3.8, 4) is 5.69 Å². The summed E-state index contributed by atoms with van der Waals surface area (Å²) < 4.78 is 27.8. The van der Waals surface area contributed by atoms with Crippen molar-refractivity contribution in [2.45, 2.75) is 26.8 Å². The molecule has 0 unspecified atom stereocenters. The SMILES string of the molecule is CCCNCc1nn(-c2ccc(F)c(F)c2)c(C)cc1=O. The summed E-state index contributed by atoms with van der Waals surface area (Å²) in [6, 6.07) is 4.96. The lowest BCUT2D eigenvalue weighted by Crippen LogP contribution is -2.25. The monoisotopic (exact) mass is 293 g/mol. The van der Waals surface area contributed by atoms with E-state index in [0.717, 1.165) is 25.1 Å². The van der Waals surface area contributed by atoms with E-state index in [4.69, 9.17) is 0 Å². The van der Waals surface area contributed by atoms with Crippen LogP contribution >= 0.6 is 0 Å². The first-order valence-corrected chi connectivity index (χ1v) is 6.79. The number of hydrogen-bond acceptors (Lipinski definition) is 3. The zero-order valence-electron chi connectivity index (χ0n) is 12.0. The van der Waals surface area contributed by atoms with Crippen molar-refractivity contribution < 1.29 is 8.78 Å². The van der Waals surface area contributed by atoms with Gasteiger partial charge in [0.05, 0.1) is 5.69 Å². The van der Waals surface area contributed by atoms with E-state index in [1.165, 1.54) is 16.8 Å². The number of benzene rings is 1. The molecule has 1 aromatic heterocycles. The van der Waals surface area contributed by atoms with Crippen molar-refractivity contribution in [3.63, 3.8) is 0 Å². The van der Waals surface area contributed by atoms with Crippen LogP contribution in [0.5, 0.6) is 0 Å². The molecule has 2 rings (SSSR count). The Labute approximate surface area is 121 Å². The van der Waals surface area contributed by atoms with Crippen molar-refractivity contribution >= 4 is 0 Å². The van der Waals surface area contributed by atoms with E-state index >= 15 is 0 Å². The van der Waals surface area contributed by atoms with Crippen LogP contribution in [0.3, 0.4) is 0 Å². The molecular weight excluding hydrogens is 276 g/mol. The number of hydrogen-bond donors (Lipinski definition) is 1. The molecule has 21 heavy (non-hydrogen) atoms. The van der Waals surface area contributed by atoms with E-state index in [9.17, 15) is 13.6 Å². The summed E-state index contributed by atoms with van der Waals surface area (Å²) in [5.41, 5.74) is 1.11. The largest absolute Gasteiger partial charge is 0.311 e. The zero-order valence-corrected chi connectivity index (χ0v) is 12.0. The second-order valence-corrected chi connectivity index (χ2v) is 4.78. The van der Waals surface area contributed by atoms with Gasteiger partial charge in [0.1, 0.15) is 5.69 Å². The van der Waals surface area contributed by atoms with Gasteiger partial charge in [0, 0.05) is 24.4 Å². The first-order chi connectivity index (χ1) is 10.0. The lowest BCUT2D eigenvalue weighted by atomic mass is 10.2. The van der Waals surface area contributed by atoms with Gasteiger partial charge in [-0.15, -0.1) is 0 Å². The van der Waals surface area contributed by atoms with Gasteiger partial charge in [-0.25, -0.2) is 13.5 Å². The average Bonchev–Trinajstić information content (AvgIpc) is 2.44. The smallest absolute Gasteiger partial charge is 0.204 e. The van der Waals surface area contributed by atoms with Crippen LogP contribution in [0, 0.1) is 18.6 Å². The number of halogens is 2. The maximum absolute atomic E-state index is 13.3. The molecule has 0 aliphatic heterocycles. The number of rotatable bonds is 5. The van der Waals surface area contributed by atoms with Crippen LogP contribution in [-0.4, -0.2) is 16.3 Å². The molecule has 112 valence electrons. The molecule has 0 amide bonds. The van der Waals surface area contributed by atoms with Crippen molar-refractivity contribution in [1.82, 2.24) is 15.1 Å². The second kappa shape index (κ2) is 6.58. The van der Waals surface area contributed by atoms with Crippen molar-refractivity contribution in [2.75, 3.05) is 6.54 Å². The van der Waals surface area contributed by atoms with Gasteiger partial charge in [-0.2, -0.15) is 5.10 Å². The van der Waals surface area contributed by atoms with Crippen LogP contribution in [0.4, 0.5) is 8.78 Å². The van der Waals surface area contributed by atoms with Gasteiger partial charge < -0.3 is 5.32 Å². The summed E-state index contributed by atoms with van der Waals surface area (Å²) in [5.74, 6) is -1.86. The minimum absolute atomic E-state index is 0.171. The number of aromatic nitrogens is 2. The predicted octanol–water partition coefficient (Wildman–Crippen LogP) is 2.32. The maximum atomic E-state index is 13.3. The highest BCUT2D eigenvalue weighted by Crippen LogP contribution is 2.13. The standard InChI is InChI=1S/C15H17F2N3O/c1-3-6-18-9-14-15(21)7-10(2)20(19-14)11-4-5-12(16)13(17)8-11/h4-5,7-8,18H,3,6,9H2,1-2H3. The molecule has 0 aliphatic rings. The molecule has 1 aromatic carbocycles. The maximum Gasteiger partial charge on any atom is 0.204 e. The van der Waals surface area contributed by atoms with Gasteiger partial charge in [-0.05, 0) is 32.0 Å². The van der Waals surface area contributed by atoms with E-state index in [1.54, 1.807) is 6.92 Å². The zero-order chi connectivity index (χ0) is 15.4. The van der Waals surface area contributed by atoms with E-state index < -0.39 is 11.6 Å². The first-order valence-electron chi connectivity index (χ1n) is 6.79. The van der Waals surface area contributed by atoms with Crippen LogP contribution < -0.4 is 10.7 Å². The molecule has 0 fully saturated rings. The summed E-state index contributed by atoms with van der Waals surface area (Å²) in [5, 5.41) is 7.34. The summed E-state index contributed by atoms with van der Waals surface area (Å²) in [6.45, 7) is 4.84. The molecule has 0 bridgehead atoms. The molecule has 0 radical (unpaired) electrons. The molecule has 0 aliphatic carbocycles. The third-order valence-corrected chi connectivity index (χ3v) is 3.05. The second-order valence-electron chi connectivity index (χ2n) is 4.78. The third-order valence-electron chi connectivity index (χ3n) is 3.05. The molecule has 0 saturated carbocycles.